The highest BCUT2D eigenvalue weighted by atomic mass is 32.2. The molecule has 2 atom stereocenters. The number of hydrogen-bond donors (Lipinski definition) is 0. The monoisotopic (exact) mass is 275 g/mol. The van der Waals surface area contributed by atoms with E-state index in [0.29, 0.717) is 5.92 Å². The van der Waals surface area contributed by atoms with Gasteiger partial charge in [-0.2, -0.15) is 0 Å². The highest BCUT2D eigenvalue weighted by Crippen LogP contribution is 2.43. The molecule has 1 aromatic carbocycles. The zero-order valence-electron chi connectivity index (χ0n) is 10.4. The van der Waals surface area contributed by atoms with Crippen molar-refractivity contribution < 1.29 is 9.66 Å². The lowest BCUT2D eigenvalue weighted by Gasteiger charge is -2.30. The first-order valence-electron chi connectivity index (χ1n) is 6.05. The fourth-order valence-corrected chi connectivity index (χ4v) is 3.80. The van der Waals surface area contributed by atoms with Crippen LogP contribution in [0.3, 0.4) is 0 Å². The highest BCUT2D eigenvalue weighted by molar-refractivity contribution is 8.00. The van der Waals surface area contributed by atoms with Crippen molar-refractivity contribution in [3.8, 4) is 5.75 Å². The van der Waals surface area contributed by atoms with Crippen LogP contribution in [0.2, 0.25) is 0 Å². The Morgan fingerprint density at radius 2 is 2.32 bits per heavy atom. The van der Waals surface area contributed by atoms with Crippen molar-refractivity contribution in [3.05, 3.63) is 57.8 Å². The van der Waals surface area contributed by atoms with Gasteiger partial charge in [-0.15, -0.1) is 11.8 Å². The van der Waals surface area contributed by atoms with Gasteiger partial charge in [0.05, 0.1) is 12.0 Å². The lowest BCUT2D eigenvalue weighted by atomic mass is 9.91. The van der Waals surface area contributed by atoms with Crippen molar-refractivity contribution >= 4 is 11.8 Å². The molecule has 1 aliphatic heterocycles. The van der Waals surface area contributed by atoms with Crippen LogP contribution in [0.4, 0.5) is 0 Å². The fraction of sp³-hybridized carbons (Fsp3) is 0.286. The van der Waals surface area contributed by atoms with E-state index in [-0.39, 0.29) is 15.9 Å². The van der Waals surface area contributed by atoms with Gasteiger partial charge in [0.1, 0.15) is 5.75 Å². The van der Waals surface area contributed by atoms with Gasteiger partial charge in [-0.3, -0.25) is 10.1 Å². The van der Waals surface area contributed by atoms with E-state index in [1.807, 2.05) is 18.2 Å². The van der Waals surface area contributed by atoms with E-state index in [4.69, 9.17) is 4.74 Å². The van der Waals surface area contributed by atoms with Gasteiger partial charge in [-0.25, -0.2) is 0 Å². The third-order valence-electron chi connectivity index (χ3n) is 3.48. The second-order valence-electron chi connectivity index (χ2n) is 4.63. The third kappa shape index (κ3) is 2.26. The Balaban J connectivity index is 1.92. The third-order valence-corrected chi connectivity index (χ3v) is 4.87. The van der Waals surface area contributed by atoms with Gasteiger partial charge in [0.25, 0.3) is 5.70 Å². The van der Waals surface area contributed by atoms with Crippen molar-refractivity contribution in [2.45, 2.75) is 16.6 Å². The van der Waals surface area contributed by atoms with E-state index in [2.05, 4.69) is 6.07 Å². The topological polar surface area (TPSA) is 52.4 Å². The molecule has 0 saturated heterocycles. The highest BCUT2D eigenvalue weighted by Gasteiger charge is 2.31. The number of hydrogen-bond acceptors (Lipinski definition) is 4. The predicted octanol–water partition coefficient (Wildman–Crippen LogP) is 3.06. The minimum absolute atomic E-state index is 0.144. The molecular weight excluding hydrogens is 262 g/mol. The molecule has 5 heteroatoms. The molecule has 0 amide bonds. The van der Waals surface area contributed by atoms with Crippen molar-refractivity contribution in [2.75, 3.05) is 7.11 Å². The fourth-order valence-electron chi connectivity index (χ4n) is 2.45. The summed E-state index contributed by atoms with van der Waals surface area (Å²) in [6, 6.07) is 6.05. The summed E-state index contributed by atoms with van der Waals surface area (Å²) in [6.07, 6.45) is 6.27. The molecule has 98 valence electrons. The van der Waals surface area contributed by atoms with Crippen LogP contribution in [-0.4, -0.2) is 17.3 Å². The molecule has 0 bridgehead atoms. The van der Waals surface area contributed by atoms with Crippen LogP contribution in [0.1, 0.15) is 5.56 Å². The largest absolute Gasteiger partial charge is 0.497 e. The van der Waals surface area contributed by atoms with Gasteiger partial charge in [0, 0.05) is 22.3 Å². The Kier molecular flexibility index (Phi) is 3.06. The Labute approximate surface area is 115 Å². The van der Waals surface area contributed by atoms with Crippen molar-refractivity contribution in [1.82, 2.24) is 0 Å². The van der Waals surface area contributed by atoms with Crippen LogP contribution in [0.5, 0.6) is 5.75 Å². The van der Waals surface area contributed by atoms with E-state index >= 15 is 0 Å². The standard InChI is InChI=1S/C14H13NO3S/c1-18-12-5-3-10-6-9-2-4-11(15(16)17)7-13(9)19-14(10)8-12/h2-5,7-9,13H,6H2,1H3. The molecule has 1 heterocycles. The Morgan fingerprint density at radius 1 is 1.47 bits per heavy atom. The lowest BCUT2D eigenvalue weighted by molar-refractivity contribution is -0.419. The SMILES string of the molecule is COc1ccc2c(c1)SC1C=C([N+](=O)[O-])C=CC1C2. The van der Waals surface area contributed by atoms with Crippen LogP contribution in [0, 0.1) is 16.0 Å². The Morgan fingerprint density at radius 3 is 3.05 bits per heavy atom. The molecule has 1 aromatic rings. The zero-order chi connectivity index (χ0) is 13.4. The molecule has 19 heavy (non-hydrogen) atoms. The summed E-state index contributed by atoms with van der Waals surface area (Å²) < 4.78 is 5.22. The molecule has 4 nitrogen and oxygen atoms in total. The second kappa shape index (κ2) is 4.74. The number of nitrogens with zero attached hydrogens (tertiary/aromatic N) is 1. The van der Waals surface area contributed by atoms with E-state index in [9.17, 15) is 10.1 Å². The van der Waals surface area contributed by atoms with Crippen LogP contribution >= 0.6 is 11.8 Å². The molecule has 0 fully saturated rings. The molecule has 0 N–H and O–H groups in total. The summed E-state index contributed by atoms with van der Waals surface area (Å²) in [6.45, 7) is 0. The van der Waals surface area contributed by atoms with Crippen LogP contribution < -0.4 is 4.74 Å². The summed E-state index contributed by atoms with van der Waals surface area (Å²) in [5.74, 6) is 1.17. The van der Waals surface area contributed by atoms with Crippen molar-refractivity contribution in [2.24, 2.45) is 5.92 Å². The maximum absolute atomic E-state index is 10.8. The maximum Gasteiger partial charge on any atom is 0.266 e. The van der Waals surface area contributed by atoms with Crippen molar-refractivity contribution in [1.29, 1.82) is 0 Å². The molecule has 2 aliphatic rings. The summed E-state index contributed by atoms with van der Waals surface area (Å²) in [4.78, 5) is 11.7. The maximum atomic E-state index is 10.8. The van der Waals surface area contributed by atoms with E-state index in [1.54, 1.807) is 31.0 Å². The smallest absolute Gasteiger partial charge is 0.266 e. The lowest BCUT2D eigenvalue weighted by Crippen LogP contribution is -2.24. The molecule has 0 saturated carbocycles. The summed E-state index contributed by atoms with van der Waals surface area (Å²) in [7, 11) is 1.64. The number of methoxy groups -OCH3 is 1. The summed E-state index contributed by atoms with van der Waals surface area (Å²) in [5.41, 5.74) is 1.48. The Bertz CT molecular complexity index is 594. The molecule has 2 unspecified atom stereocenters. The minimum atomic E-state index is -0.325. The molecular formula is C14H13NO3S. The number of rotatable bonds is 2. The summed E-state index contributed by atoms with van der Waals surface area (Å²) in [5, 5.41) is 11.0. The van der Waals surface area contributed by atoms with Gasteiger partial charge in [0.15, 0.2) is 0 Å². The van der Waals surface area contributed by atoms with E-state index in [0.717, 1.165) is 17.1 Å². The zero-order valence-corrected chi connectivity index (χ0v) is 11.2. The van der Waals surface area contributed by atoms with E-state index < -0.39 is 0 Å². The molecule has 1 aliphatic carbocycles. The molecule has 0 radical (unpaired) electrons. The van der Waals surface area contributed by atoms with Gasteiger partial charge >= 0.3 is 0 Å². The number of thioether (sulfide) groups is 1. The normalized spacial score (nSPS) is 24.2. The van der Waals surface area contributed by atoms with Crippen molar-refractivity contribution in [3.63, 3.8) is 0 Å². The number of nitro groups is 1. The second-order valence-corrected chi connectivity index (χ2v) is 5.85. The van der Waals surface area contributed by atoms with Gasteiger partial charge in [-0.05, 0) is 30.0 Å². The number of fused-ring (bicyclic) bond motifs is 2. The molecule has 0 spiro atoms. The summed E-state index contributed by atoms with van der Waals surface area (Å²) >= 11 is 1.68. The predicted molar refractivity (Wildman–Crippen MR) is 74.1 cm³/mol. The van der Waals surface area contributed by atoms with Crippen LogP contribution in [0.15, 0.2) is 47.0 Å². The van der Waals surface area contributed by atoms with Gasteiger partial charge in [-0.1, -0.05) is 12.1 Å². The average Bonchev–Trinajstić information content (AvgIpc) is 2.43. The minimum Gasteiger partial charge on any atom is -0.497 e. The quantitative estimate of drug-likeness (QED) is 0.615. The van der Waals surface area contributed by atoms with Gasteiger partial charge < -0.3 is 4.74 Å². The van der Waals surface area contributed by atoms with Gasteiger partial charge in [0.2, 0.25) is 0 Å². The first-order chi connectivity index (χ1) is 9.17. The van der Waals surface area contributed by atoms with E-state index in [1.165, 1.54) is 5.56 Å². The number of benzene rings is 1. The first kappa shape index (κ1) is 12.3. The molecule has 3 rings (SSSR count). The number of allylic oxidation sites excluding steroid dienone is 2. The van der Waals surface area contributed by atoms with Crippen LogP contribution in [-0.2, 0) is 6.42 Å². The first-order valence-corrected chi connectivity index (χ1v) is 6.93. The Hall–Kier alpha value is -1.75. The number of ether oxygens (including phenoxy) is 1. The average molecular weight is 275 g/mol. The van der Waals surface area contributed by atoms with Crippen LogP contribution in [0.25, 0.3) is 0 Å². The molecule has 0 aromatic heterocycles.